The molecule has 6 N–H and O–H groups in total. The highest BCUT2D eigenvalue weighted by Crippen LogP contribution is 2.68. The molecule has 0 radical (unpaired) electrons. The van der Waals surface area contributed by atoms with E-state index in [1.165, 1.54) is 51.0 Å². The Morgan fingerprint density at radius 1 is 0.917 bits per heavy atom. The fourth-order valence-electron chi connectivity index (χ4n) is 12.5. The third-order valence-corrected chi connectivity index (χ3v) is 15.8. The van der Waals surface area contributed by atoms with Gasteiger partial charge in [0.1, 0.15) is 0 Å². The molecular weight excluding hydrogens is 761 g/mol. The zero-order chi connectivity index (χ0) is 43.2. The van der Waals surface area contributed by atoms with Crippen molar-refractivity contribution in [3.8, 4) is 0 Å². The summed E-state index contributed by atoms with van der Waals surface area (Å²) in [5.41, 5.74) is 0.656. The summed E-state index contributed by atoms with van der Waals surface area (Å²) in [6.07, 6.45) is 14.2. The van der Waals surface area contributed by atoms with Crippen LogP contribution < -0.4 is 26.3 Å². The molecule has 0 spiro atoms. The standard InChI is InChI=1S/C46H68BN5O8/c1-30(38-16-17-39-37-15-14-32-28-36(53)19-21-45(32,2)40(37)20-22-46(38,39)3)13-18-42(54)49-23-9-8-12-41(48-4)44(56)51(34-10-6-5-7-11-34)25-24-50-43(55)31-26-33(47(57)58)29-35(27-31)52(59)60/h5-7,10-11,26-27,29-30,32,36-41,48,53,57-58H,8-9,12-25,28H2,1-4H3,(H,49,54)(H,50,55)/t30?,32?,36?,37?,38?,39?,40?,41?,45-,46+/m1/s1. The van der Waals surface area contributed by atoms with Crippen molar-refractivity contribution >= 4 is 41.7 Å². The minimum atomic E-state index is -1.99. The van der Waals surface area contributed by atoms with Gasteiger partial charge in [-0.3, -0.25) is 24.5 Å². The molecular formula is C46H68BN5O8. The van der Waals surface area contributed by atoms with Gasteiger partial charge in [0.15, 0.2) is 0 Å². The van der Waals surface area contributed by atoms with E-state index in [2.05, 4.69) is 36.7 Å². The third kappa shape index (κ3) is 10.1. The Morgan fingerprint density at radius 2 is 1.65 bits per heavy atom. The molecule has 6 rings (SSSR count). The minimum absolute atomic E-state index is 0.0358. The summed E-state index contributed by atoms with van der Waals surface area (Å²) in [4.78, 5) is 52.2. The second-order valence-electron chi connectivity index (χ2n) is 19.0. The number of carbonyl (C=O) groups is 3. The van der Waals surface area contributed by atoms with E-state index < -0.39 is 29.7 Å². The van der Waals surface area contributed by atoms with Crippen molar-refractivity contribution in [3.05, 3.63) is 64.2 Å². The van der Waals surface area contributed by atoms with Crippen LogP contribution >= 0.6 is 0 Å². The molecule has 2 aromatic rings. The first-order valence-corrected chi connectivity index (χ1v) is 22.6. The van der Waals surface area contributed by atoms with Crippen molar-refractivity contribution in [1.82, 2.24) is 16.0 Å². The quantitative estimate of drug-likeness (QED) is 0.0498. The predicted molar refractivity (Wildman–Crippen MR) is 233 cm³/mol. The van der Waals surface area contributed by atoms with Crippen molar-refractivity contribution in [2.45, 2.75) is 123 Å². The zero-order valence-electron chi connectivity index (χ0n) is 36.1. The van der Waals surface area contributed by atoms with E-state index >= 15 is 0 Å². The average Bonchev–Trinajstić information content (AvgIpc) is 3.60. The normalized spacial score (nSPS) is 29.2. The Balaban J connectivity index is 0.936. The van der Waals surface area contributed by atoms with Crippen LogP contribution in [0, 0.1) is 56.5 Å². The summed E-state index contributed by atoms with van der Waals surface area (Å²) >= 11 is 0. The predicted octanol–water partition coefficient (Wildman–Crippen LogP) is 5.35. The van der Waals surface area contributed by atoms with Crippen LogP contribution in [0.5, 0.6) is 0 Å². The lowest BCUT2D eigenvalue weighted by Crippen LogP contribution is -2.54. The largest absolute Gasteiger partial charge is 0.488 e. The Labute approximate surface area is 356 Å². The second kappa shape index (κ2) is 19.9. The van der Waals surface area contributed by atoms with E-state index in [-0.39, 0.29) is 42.0 Å². The first-order valence-electron chi connectivity index (χ1n) is 22.6. The fourth-order valence-corrected chi connectivity index (χ4v) is 12.5. The van der Waals surface area contributed by atoms with Crippen LogP contribution in [0.15, 0.2) is 48.5 Å². The molecule has 0 aliphatic heterocycles. The van der Waals surface area contributed by atoms with Gasteiger partial charge in [-0.25, -0.2) is 0 Å². The molecule has 4 fully saturated rings. The van der Waals surface area contributed by atoms with Gasteiger partial charge in [0.2, 0.25) is 11.8 Å². The Hall–Kier alpha value is -3.85. The lowest BCUT2D eigenvalue weighted by molar-refractivity contribution is -0.384. The number of aliphatic hydroxyl groups is 1. The summed E-state index contributed by atoms with van der Waals surface area (Å²) in [5.74, 6) is 3.47. The number of benzene rings is 2. The molecule has 3 amide bonds. The van der Waals surface area contributed by atoms with Crippen LogP contribution in [0.1, 0.15) is 121 Å². The molecule has 13 nitrogen and oxygen atoms in total. The molecule has 14 heteroatoms. The third-order valence-electron chi connectivity index (χ3n) is 15.8. The van der Waals surface area contributed by atoms with Gasteiger partial charge in [-0.05, 0) is 161 Å². The molecule has 10 atom stereocenters. The monoisotopic (exact) mass is 830 g/mol. The number of nitro groups is 1. The van der Waals surface area contributed by atoms with Crippen LogP contribution in [0.3, 0.4) is 0 Å². The Bertz CT molecular complexity index is 1820. The first kappa shape index (κ1) is 45.7. The van der Waals surface area contributed by atoms with Crippen LogP contribution in [-0.4, -0.2) is 83.7 Å². The summed E-state index contributed by atoms with van der Waals surface area (Å²) < 4.78 is 0. The highest BCUT2D eigenvalue weighted by atomic mass is 16.6. The number of carbonyl (C=O) groups excluding carboxylic acids is 3. The number of unbranched alkanes of at least 4 members (excludes halogenated alkanes) is 1. The molecule has 0 heterocycles. The maximum atomic E-state index is 13.9. The summed E-state index contributed by atoms with van der Waals surface area (Å²) in [5, 5.41) is 49.9. The van der Waals surface area contributed by atoms with Gasteiger partial charge in [-0.15, -0.1) is 0 Å². The number of amides is 3. The van der Waals surface area contributed by atoms with Gasteiger partial charge >= 0.3 is 7.12 Å². The van der Waals surface area contributed by atoms with Crippen molar-refractivity contribution < 1.29 is 34.5 Å². The average molecular weight is 830 g/mol. The second-order valence-corrected chi connectivity index (χ2v) is 19.0. The maximum absolute atomic E-state index is 13.9. The Morgan fingerprint density at radius 3 is 2.37 bits per heavy atom. The molecule has 0 bridgehead atoms. The number of aliphatic hydroxyl groups excluding tert-OH is 1. The van der Waals surface area contributed by atoms with Crippen molar-refractivity contribution in [3.63, 3.8) is 0 Å². The highest BCUT2D eigenvalue weighted by molar-refractivity contribution is 6.58. The SMILES string of the molecule is CNC(CCCCNC(=O)CCC(C)C1CCC2C3CCC4CC(O)CC[C@@]4(C)C3CC[C@@]12C)C(=O)N(CCNC(=O)c1cc(B(O)O)cc([N+](=O)[O-])c1)c1ccccc1. The maximum Gasteiger partial charge on any atom is 0.488 e. The van der Waals surface area contributed by atoms with E-state index in [0.29, 0.717) is 60.1 Å². The topological polar surface area (TPSA) is 194 Å². The first-order chi connectivity index (χ1) is 28.7. The van der Waals surface area contributed by atoms with Crippen molar-refractivity contribution in [2.24, 2.45) is 46.3 Å². The summed E-state index contributed by atoms with van der Waals surface area (Å²) in [7, 11) is -0.253. The lowest BCUT2D eigenvalue weighted by atomic mass is 9.44. The Kier molecular flexibility index (Phi) is 15.2. The lowest BCUT2D eigenvalue weighted by Gasteiger charge is -2.61. The number of likely N-dealkylation sites (N-methyl/N-ethyl adjacent to an activating group) is 1. The summed E-state index contributed by atoms with van der Waals surface area (Å²) in [6, 6.07) is 11.8. The number of hydrogen-bond acceptors (Lipinski definition) is 9. The van der Waals surface area contributed by atoms with Crippen LogP contribution in [0.25, 0.3) is 0 Å². The molecule has 2 aromatic carbocycles. The number of hydrogen-bond donors (Lipinski definition) is 6. The van der Waals surface area contributed by atoms with Crippen LogP contribution in [-0.2, 0) is 9.59 Å². The number of nitrogens with one attached hydrogen (secondary N) is 3. The van der Waals surface area contributed by atoms with E-state index in [0.717, 1.165) is 55.6 Å². The van der Waals surface area contributed by atoms with Crippen molar-refractivity contribution in [1.29, 1.82) is 0 Å². The van der Waals surface area contributed by atoms with Crippen molar-refractivity contribution in [2.75, 3.05) is 31.6 Å². The van der Waals surface area contributed by atoms with Gasteiger partial charge < -0.3 is 36.0 Å². The number of non-ortho nitro benzene ring substituents is 1. The molecule has 328 valence electrons. The molecule has 8 unspecified atom stereocenters. The van der Waals surface area contributed by atoms with E-state index in [1.807, 2.05) is 30.3 Å². The van der Waals surface area contributed by atoms with Gasteiger partial charge in [-0.1, -0.05) is 39.0 Å². The highest BCUT2D eigenvalue weighted by Gasteiger charge is 2.60. The van der Waals surface area contributed by atoms with E-state index in [4.69, 9.17) is 0 Å². The summed E-state index contributed by atoms with van der Waals surface area (Å²) in [6.45, 7) is 8.21. The van der Waals surface area contributed by atoms with E-state index in [9.17, 15) is 39.7 Å². The molecule has 0 saturated heterocycles. The molecule has 4 aliphatic carbocycles. The number of para-hydroxylation sites is 1. The van der Waals surface area contributed by atoms with Gasteiger partial charge in [0, 0.05) is 49.4 Å². The van der Waals surface area contributed by atoms with Gasteiger partial charge in [0.25, 0.3) is 11.6 Å². The number of rotatable bonds is 18. The number of nitrogens with zero attached hydrogens (tertiary/aromatic N) is 2. The smallest absolute Gasteiger partial charge is 0.423 e. The zero-order valence-corrected chi connectivity index (χ0v) is 36.1. The van der Waals surface area contributed by atoms with Crippen LogP contribution in [0.2, 0.25) is 0 Å². The molecule has 4 aliphatic rings. The number of fused-ring (bicyclic) bond motifs is 5. The minimum Gasteiger partial charge on any atom is -0.423 e. The number of anilines is 1. The van der Waals surface area contributed by atoms with Gasteiger partial charge in [-0.2, -0.15) is 0 Å². The molecule has 0 aromatic heterocycles. The van der Waals surface area contributed by atoms with E-state index in [1.54, 1.807) is 11.9 Å². The number of nitro benzene ring substituents is 1. The van der Waals surface area contributed by atoms with Gasteiger partial charge in [0.05, 0.1) is 17.1 Å². The fraction of sp³-hybridized carbons (Fsp3) is 0.674. The van der Waals surface area contributed by atoms with Crippen LogP contribution in [0.4, 0.5) is 11.4 Å². The molecule has 60 heavy (non-hydrogen) atoms. The molecule has 4 saturated carbocycles.